The van der Waals surface area contributed by atoms with Gasteiger partial charge in [-0.05, 0) is 76.2 Å². The van der Waals surface area contributed by atoms with Crippen molar-refractivity contribution in [3.05, 3.63) is 36.0 Å². The number of ether oxygens (including phenoxy) is 1. The molecule has 2 fully saturated rings. The zero-order chi connectivity index (χ0) is 21.4. The molecule has 7 nitrogen and oxygen atoms in total. The number of carbonyl (C=O) groups is 1. The molecule has 3 aliphatic rings. The number of hydrogen-bond donors (Lipinski definition) is 2. The van der Waals surface area contributed by atoms with Gasteiger partial charge in [-0.25, -0.2) is 4.98 Å². The number of nitrogens with one attached hydrogen (secondary N) is 2. The molecule has 0 atom stereocenters. The van der Waals surface area contributed by atoms with Gasteiger partial charge < -0.3 is 15.4 Å². The number of carbonyl (C=O) groups excluding carboxylic acids is 1. The normalized spacial score (nSPS) is 21.6. The number of rotatable bonds is 4. The molecule has 0 radical (unpaired) electrons. The van der Waals surface area contributed by atoms with Crippen LogP contribution in [-0.4, -0.2) is 40.6 Å². The van der Waals surface area contributed by atoms with Crippen molar-refractivity contribution in [3.8, 4) is 5.75 Å². The summed E-state index contributed by atoms with van der Waals surface area (Å²) in [5, 5.41) is 6.72. The first kappa shape index (κ1) is 20.2. The molecular formula is C24H31N5O2. The molecule has 0 unspecified atom stereocenters. The highest BCUT2D eigenvalue weighted by Gasteiger charge is 2.45. The van der Waals surface area contributed by atoms with E-state index in [1.54, 1.807) is 6.20 Å². The number of nitrogens with zero attached hydrogens (tertiary/aromatic N) is 3. The fourth-order valence-corrected chi connectivity index (χ4v) is 5.00. The predicted octanol–water partition coefficient (Wildman–Crippen LogP) is 4.13. The number of benzene rings is 1. The van der Waals surface area contributed by atoms with Gasteiger partial charge in [0.05, 0.1) is 6.20 Å². The maximum absolute atomic E-state index is 13.2. The molecule has 5 rings (SSSR count). The van der Waals surface area contributed by atoms with Crippen molar-refractivity contribution in [2.75, 3.05) is 23.3 Å². The third-order valence-corrected chi connectivity index (χ3v) is 6.73. The summed E-state index contributed by atoms with van der Waals surface area (Å²) in [5.74, 6) is 2.24. The summed E-state index contributed by atoms with van der Waals surface area (Å²) in [4.78, 5) is 24.2. The molecule has 3 heterocycles. The van der Waals surface area contributed by atoms with E-state index in [-0.39, 0.29) is 11.9 Å². The standard InChI is InChI=1S/C24H31N5O2/c1-24(2)22(30)29(19-5-3-4-6-19)21-20(31-24)15-26-23(28-21)27-18-9-7-16(8-10-18)17-11-13-25-14-12-17/h7-10,15,17,19,25H,3-6,11-14H2,1-2H3,(H,26,27,28). The SMILES string of the molecule is CC1(C)Oc2cnc(Nc3ccc(C4CCNCC4)cc3)nc2N(C2CCCC2)C1=O. The lowest BCUT2D eigenvalue weighted by Crippen LogP contribution is -2.55. The van der Waals surface area contributed by atoms with Crippen molar-refractivity contribution < 1.29 is 9.53 Å². The van der Waals surface area contributed by atoms with Crippen molar-refractivity contribution in [1.29, 1.82) is 0 Å². The summed E-state index contributed by atoms with van der Waals surface area (Å²) in [6.45, 7) is 5.80. The van der Waals surface area contributed by atoms with Crippen LogP contribution in [0.3, 0.4) is 0 Å². The smallest absolute Gasteiger partial charge is 0.272 e. The van der Waals surface area contributed by atoms with Crippen LogP contribution in [0.5, 0.6) is 5.75 Å². The van der Waals surface area contributed by atoms with Crippen LogP contribution in [-0.2, 0) is 4.79 Å². The minimum atomic E-state index is -0.904. The third kappa shape index (κ3) is 3.99. The highest BCUT2D eigenvalue weighted by molar-refractivity contribution is 6.02. The molecule has 1 aromatic heterocycles. The van der Waals surface area contributed by atoms with E-state index in [0.29, 0.717) is 23.4 Å². The topological polar surface area (TPSA) is 79.4 Å². The van der Waals surface area contributed by atoms with Crippen molar-refractivity contribution in [2.45, 2.75) is 69.9 Å². The van der Waals surface area contributed by atoms with Gasteiger partial charge in [0.25, 0.3) is 5.91 Å². The Morgan fingerprint density at radius 2 is 1.81 bits per heavy atom. The van der Waals surface area contributed by atoms with Crippen LogP contribution in [0.15, 0.2) is 30.5 Å². The number of aromatic nitrogens is 2. The summed E-state index contributed by atoms with van der Waals surface area (Å²) in [5.41, 5.74) is 1.42. The van der Waals surface area contributed by atoms with Gasteiger partial charge >= 0.3 is 0 Å². The quantitative estimate of drug-likeness (QED) is 0.773. The van der Waals surface area contributed by atoms with E-state index < -0.39 is 5.60 Å². The molecule has 2 N–H and O–H groups in total. The Morgan fingerprint density at radius 1 is 1.10 bits per heavy atom. The second-order valence-corrected chi connectivity index (χ2v) is 9.38. The maximum atomic E-state index is 13.2. The van der Waals surface area contributed by atoms with E-state index in [0.717, 1.165) is 44.5 Å². The second kappa shape index (κ2) is 8.11. The summed E-state index contributed by atoms with van der Waals surface area (Å²) in [6.07, 6.45) is 8.35. The van der Waals surface area contributed by atoms with Crippen LogP contribution in [0.1, 0.15) is 63.9 Å². The minimum Gasteiger partial charge on any atom is -0.472 e. The van der Waals surface area contributed by atoms with Gasteiger partial charge in [0.2, 0.25) is 5.95 Å². The van der Waals surface area contributed by atoms with Crippen LogP contribution in [0.2, 0.25) is 0 Å². The van der Waals surface area contributed by atoms with Crippen molar-refractivity contribution in [2.24, 2.45) is 0 Å². The number of anilines is 3. The highest BCUT2D eigenvalue weighted by Crippen LogP contribution is 2.40. The molecule has 0 bridgehead atoms. The van der Waals surface area contributed by atoms with E-state index >= 15 is 0 Å². The fraction of sp³-hybridized carbons (Fsp3) is 0.542. The summed E-state index contributed by atoms with van der Waals surface area (Å²) >= 11 is 0. The van der Waals surface area contributed by atoms with Gasteiger partial charge in [0.1, 0.15) is 0 Å². The van der Waals surface area contributed by atoms with Gasteiger partial charge in [-0.3, -0.25) is 9.69 Å². The summed E-state index contributed by atoms with van der Waals surface area (Å²) < 4.78 is 5.96. The maximum Gasteiger partial charge on any atom is 0.272 e. The van der Waals surface area contributed by atoms with E-state index in [1.165, 1.54) is 18.4 Å². The Kier molecular flexibility index (Phi) is 5.30. The number of amides is 1. The Balaban J connectivity index is 1.38. The largest absolute Gasteiger partial charge is 0.472 e. The second-order valence-electron chi connectivity index (χ2n) is 9.38. The Labute approximate surface area is 183 Å². The third-order valence-electron chi connectivity index (χ3n) is 6.73. The van der Waals surface area contributed by atoms with Crippen LogP contribution >= 0.6 is 0 Å². The molecule has 1 aromatic carbocycles. The first-order valence-electron chi connectivity index (χ1n) is 11.5. The molecule has 2 aromatic rings. The van der Waals surface area contributed by atoms with Gasteiger partial charge in [-0.2, -0.15) is 4.98 Å². The molecular weight excluding hydrogens is 390 g/mol. The summed E-state index contributed by atoms with van der Waals surface area (Å²) in [6, 6.07) is 8.73. The van der Waals surface area contributed by atoms with E-state index in [1.807, 2.05) is 18.7 Å². The molecule has 2 aliphatic heterocycles. The highest BCUT2D eigenvalue weighted by atomic mass is 16.5. The molecule has 7 heteroatoms. The molecule has 0 spiro atoms. The van der Waals surface area contributed by atoms with Crippen molar-refractivity contribution in [1.82, 2.24) is 15.3 Å². The lowest BCUT2D eigenvalue weighted by molar-refractivity contribution is -0.133. The molecule has 1 aliphatic carbocycles. The van der Waals surface area contributed by atoms with E-state index in [4.69, 9.17) is 9.72 Å². The van der Waals surface area contributed by atoms with Crippen LogP contribution < -0.4 is 20.3 Å². The van der Waals surface area contributed by atoms with Gasteiger partial charge in [-0.15, -0.1) is 0 Å². The molecule has 1 saturated heterocycles. The van der Waals surface area contributed by atoms with Crippen molar-refractivity contribution >= 4 is 23.4 Å². The predicted molar refractivity (Wildman–Crippen MR) is 121 cm³/mol. The van der Waals surface area contributed by atoms with E-state index in [9.17, 15) is 4.79 Å². The van der Waals surface area contributed by atoms with Crippen molar-refractivity contribution in [3.63, 3.8) is 0 Å². The van der Waals surface area contributed by atoms with Gasteiger partial charge in [0.15, 0.2) is 17.2 Å². The first-order valence-corrected chi connectivity index (χ1v) is 11.5. The monoisotopic (exact) mass is 421 g/mol. The Bertz CT molecular complexity index is 947. The van der Waals surface area contributed by atoms with Crippen LogP contribution in [0.25, 0.3) is 0 Å². The fourth-order valence-electron chi connectivity index (χ4n) is 5.00. The number of hydrogen-bond acceptors (Lipinski definition) is 6. The zero-order valence-corrected chi connectivity index (χ0v) is 18.4. The lowest BCUT2D eigenvalue weighted by Gasteiger charge is -2.40. The molecule has 31 heavy (non-hydrogen) atoms. The number of piperidine rings is 1. The lowest BCUT2D eigenvalue weighted by atomic mass is 9.90. The van der Waals surface area contributed by atoms with Crippen LogP contribution in [0.4, 0.5) is 17.5 Å². The zero-order valence-electron chi connectivity index (χ0n) is 18.4. The first-order chi connectivity index (χ1) is 15.0. The number of fused-ring (bicyclic) bond motifs is 1. The average Bonchev–Trinajstić information content (AvgIpc) is 3.30. The Morgan fingerprint density at radius 3 is 2.52 bits per heavy atom. The van der Waals surface area contributed by atoms with E-state index in [2.05, 4.69) is 39.9 Å². The van der Waals surface area contributed by atoms with Crippen LogP contribution in [0, 0.1) is 0 Å². The molecule has 1 saturated carbocycles. The molecule has 164 valence electrons. The minimum absolute atomic E-state index is 0.0251. The van der Waals surface area contributed by atoms with Gasteiger partial charge in [0, 0.05) is 11.7 Å². The Hall–Kier alpha value is -2.67. The summed E-state index contributed by atoms with van der Waals surface area (Å²) in [7, 11) is 0. The average molecular weight is 422 g/mol. The molecule has 1 amide bonds. The van der Waals surface area contributed by atoms with Gasteiger partial charge in [-0.1, -0.05) is 25.0 Å².